The molecule has 2 N–H and O–H groups in total. The Kier molecular flexibility index (Phi) is 9.61. The zero-order valence-corrected chi connectivity index (χ0v) is 14.0. The first-order valence-corrected chi connectivity index (χ1v) is 9.06. The molecule has 118 valence electrons. The average molecular weight is 301 g/mol. The van der Waals surface area contributed by atoms with E-state index < -0.39 is 6.10 Å². The third-order valence-electron chi connectivity index (χ3n) is 4.07. The van der Waals surface area contributed by atoms with Crippen LogP contribution in [0.4, 0.5) is 0 Å². The lowest BCUT2D eigenvalue weighted by Gasteiger charge is -2.25. The van der Waals surface area contributed by atoms with Crippen molar-refractivity contribution in [2.75, 3.05) is 32.6 Å². The van der Waals surface area contributed by atoms with E-state index in [0.717, 1.165) is 32.4 Å². The van der Waals surface area contributed by atoms with Crippen LogP contribution >= 0.6 is 11.8 Å². The van der Waals surface area contributed by atoms with Crippen LogP contribution in [0.15, 0.2) is 12.2 Å². The highest BCUT2D eigenvalue weighted by atomic mass is 32.2. The molecule has 3 nitrogen and oxygen atoms in total. The molecule has 0 aromatic rings. The molecular weight excluding hydrogens is 270 g/mol. The highest BCUT2D eigenvalue weighted by molar-refractivity contribution is 7.99. The molecule has 0 fully saturated rings. The molecule has 20 heavy (non-hydrogen) atoms. The van der Waals surface area contributed by atoms with Gasteiger partial charge in [-0.05, 0) is 43.9 Å². The van der Waals surface area contributed by atoms with Crippen molar-refractivity contribution in [3.8, 4) is 0 Å². The Morgan fingerprint density at radius 1 is 1.40 bits per heavy atom. The SMILES string of the molecule is CSC(C)CCNCC(O)COCC1CC=CCC1C. The van der Waals surface area contributed by atoms with E-state index in [9.17, 15) is 5.11 Å². The van der Waals surface area contributed by atoms with E-state index in [1.54, 1.807) is 0 Å². The maximum Gasteiger partial charge on any atom is 0.0897 e. The first-order valence-electron chi connectivity index (χ1n) is 7.77. The molecule has 0 aliphatic heterocycles. The highest BCUT2D eigenvalue weighted by Gasteiger charge is 2.18. The number of hydrogen-bond acceptors (Lipinski definition) is 4. The molecule has 0 heterocycles. The first-order chi connectivity index (χ1) is 9.63. The maximum absolute atomic E-state index is 9.86. The smallest absolute Gasteiger partial charge is 0.0897 e. The predicted molar refractivity (Wildman–Crippen MR) is 88.3 cm³/mol. The third-order valence-corrected chi connectivity index (χ3v) is 5.11. The summed E-state index contributed by atoms with van der Waals surface area (Å²) in [5, 5.41) is 13.8. The number of aliphatic hydroxyl groups is 1. The van der Waals surface area contributed by atoms with Crippen LogP contribution < -0.4 is 5.32 Å². The molecule has 0 saturated heterocycles. The summed E-state index contributed by atoms with van der Waals surface area (Å²) in [7, 11) is 0. The largest absolute Gasteiger partial charge is 0.389 e. The van der Waals surface area contributed by atoms with Crippen molar-refractivity contribution >= 4 is 11.8 Å². The van der Waals surface area contributed by atoms with Crippen LogP contribution in [0.5, 0.6) is 0 Å². The van der Waals surface area contributed by atoms with Gasteiger partial charge in [0.05, 0.1) is 19.3 Å². The summed E-state index contributed by atoms with van der Waals surface area (Å²) in [5.74, 6) is 1.31. The zero-order chi connectivity index (χ0) is 14.8. The summed E-state index contributed by atoms with van der Waals surface area (Å²) in [6.07, 6.45) is 9.66. The number of ether oxygens (including phenoxy) is 1. The number of hydrogen-bond donors (Lipinski definition) is 2. The average Bonchev–Trinajstić information content (AvgIpc) is 2.45. The predicted octanol–water partition coefficient (Wildman–Crippen LogP) is 2.70. The van der Waals surface area contributed by atoms with E-state index >= 15 is 0 Å². The van der Waals surface area contributed by atoms with Crippen LogP contribution in [0.1, 0.15) is 33.1 Å². The van der Waals surface area contributed by atoms with Crippen LogP contribution in [-0.4, -0.2) is 49.0 Å². The number of thioether (sulfide) groups is 1. The van der Waals surface area contributed by atoms with Crippen molar-refractivity contribution in [3.63, 3.8) is 0 Å². The summed E-state index contributed by atoms with van der Waals surface area (Å²) >= 11 is 1.88. The molecule has 0 amide bonds. The monoisotopic (exact) mass is 301 g/mol. The van der Waals surface area contributed by atoms with Crippen LogP contribution in [0.25, 0.3) is 0 Å². The van der Waals surface area contributed by atoms with Gasteiger partial charge >= 0.3 is 0 Å². The van der Waals surface area contributed by atoms with Gasteiger partial charge in [-0.25, -0.2) is 0 Å². The summed E-state index contributed by atoms with van der Waals surface area (Å²) in [4.78, 5) is 0. The lowest BCUT2D eigenvalue weighted by molar-refractivity contribution is 0.0129. The molecule has 0 aromatic heterocycles. The van der Waals surface area contributed by atoms with E-state index in [4.69, 9.17) is 4.74 Å². The van der Waals surface area contributed by atoms with Crippen LogP contribution in [0, 0.1) is 11.8 Å². The second kappa shape index (κ2) is 10.7. The van der Waals surface area contributed by atoms with Crippen molar-refractivity contribution in [2.45, 2.75) is 44.5 Å². The Morgan fingerprint density at radius 3 is 2.85 bits per heavy atom. The minimum Gasteiger partial charge on any atom is -0.389 e. The fourth-order valence-corrected chi connectivity index (χ4v) is 2.70. The second-order valence-corrected chi connectivity index (χ2v) is 7.19. The third kappa shape index (κ3) is 7.67. The molecule has 0 bridgehead atoms. The summed E-state index contributed by atoms with van der Waals surface area (Å²) < 4.78 is 5.68. The first kappa shape index (κ1) is 18.0. The van der Waals surface area contributed by atoms with Crippen LogP contribution in [-0.2, 0) is 4.74 Å². The molecule has 1 rings (SSSR count). The van der Waals surface area contributed by atoms with Crippen molar-refractivity contribution in [2.24, 2.45) is 11.8 Å². The maximum atomic E-state index is 9.86. The van der Waals surface area contributed by atoms with E-state index in [-0.39, 0.29) is 0 Å². The lowest BCUT2D eigenvalue weighted by atomic mass is 9.85. The summed E-state index contributed by atoms with van der Waals surface area (Å²) in [5.41, 5.74) is 0. The molecule has 4 atom stereocenters. The normalized spacial score (nSPS) is 25.6. The number of allylic oxidation sites excluding steroid dienone is 2. The number of nitrogens with one attached hydrogen (secondary N) is 1. The molecule has 0 saturated carbocycles. The van der Waals surface area contributed by atoms with Gasteiger partial charge in [0.2, 0.25) is 0 Å². The highest BCUT2D eigenvalue weighted by Crippen LogP contribution is 2.24. The molecule has 1 aliphatic carbocycles. The van der Waals surface area contributed by atoms with Crippen molar-refractivity contribution in [1.29, 1.82) is 0 Å². The lowest BCUT2D eigenvalue weighted by Crippen LogP contribution is -2.32. The number of rotatable bonds is 10. The number of aliphatic hydroxyl groups excluding tert-OH is 1. The molecule has 1 aliphatic rings. The quantitative estimate of drug-likeness (QED) is 0.481. The summed E-state index contributed by atoms with van der Waals surface area (Å²) in [6, 6.07) is 0. The van der Waals surface area contributed by atoms with E-state index in [0.29, 0.717) is 30.2 Å². The van der Waals surface area contributed by atoms with Gasteiger partial charge in [0.25, 0.3) is 0 Å². The zero-order valence-electron chi connectivity index (χ0n) is 13.2. The van der Waals surface area contributed by atoms with E-state index in [2.05, 4.69) is 37.6 Å². The minimum atomic E-state index is -0.394. The molecule has 0 aromatic carbocycles. The van der Waals surface area contributed by atoms with Gasteiger partial charge in [-0.1, -0.05) is 26.0 Å². The molecule has 4 heteroatoms. The molecule has 0 spiro atoms. The van der Waals surface area contributed by atoms with E-state index in [1.165, 1.54) is 0 Å². The Balaban J connectivity index is 1.99. The minimum absolute atomic E-state index is 0.394. The van der Waals surface area contributed by atoms with Crippen molar-refractivity contribution in [1.82, 2.24) is 5.32 Å². The van der Waals surface area contributed by atoms with Gasteiger partial charge in [0.15, 0.2) is 0 Å². The van der Waals surface area contributed by atoms with Gasteiger partial charge in [-0.3, -0.25) is 0 Å². The van der Waals surface area contributed by atoms with Crippen molar-refractivity contribution in [3.05, 3.63) is 12.2 Å². The Morgan fingerprint density at radius 2 is 2.15 bits per heavy atom. The summed E-state index contributed by atoms with van der Waals surface area (Å²) in [6.45, 7) is 7.31. The van der Waals surface area contributed by atoms with Gasteiger partial charge in [-0.2, -0.15) is 11.8 Å². The van der Waals surface area contributed by atoms with Gasteiger partial charge in [0, 0.05) is 11.8 Å². The van der Waals surface area contributed by atoms with Crippen molar-refractivity contribution < 1.29 is 9.84 Å². The Bertz CT molecular complexity index is 273. The Labute approximate surface area is 128 Å². The molecule has 4 unspecified atom stereocenters. The Hall–Kier alpha value is -0.0300. The standard InChI is InChI=1S/C16H31NO2S/c1-13-6-4-5-7-15(13)11-19-12-16(18)10-17-9-8-14(2)20-3/h4-5,13-18H,6-12H2,1-3H3. The molecular formula is C16H31NO2S. The fourth-order valence-electron chi connectivity index (χ4n) is 2.35. The topological polar surface area (TPSA) is 41.5 Å². The van der Waals surface area contributed by atoms with Gasteiger partial charge in [-0.15, -0.1) is 0 Å². The fraction of sp³-hybridized carbons (Fsp3) is 0.875. The van der Waals surface area contributed by atoms with Gasteiger partial charge in [0.1, 0.15) is 0 Å². The van der Waals surface area contributed by atoms with Crippen LogP contribution in [0.2, 0.25) is 0 Å². The molecule has 0 radical (unpaired) electrons. The van der Waals surface area contributed by atoms with Gasteiger partial charge < -0.3 is 15.2 Å². The van der Waals surface area contributed by atoms with Crippen LogP contribution in [0.3, 0.4) is 0 Å². The van der Waals surface area contributed by atoms with E-state index in [1.807, 2.05) is 11.8 Å². The second-order valence-electron chi connectivity index (χ2n) is 5.91.